The average Bonchev–Trinajstić information content (AvgIpc) is 2.90. The molecule has 1 saturated heterocycles. The smallest absolute Gasteiger partial charge is 0.293 e. The highest BCUT2D eigenvalue weighted by atomic mass is 35.5. The molecule has 0 N–H and O–H groups in total. The van der Waals surface area contributed by atoms with Gasteiger partial charge in [0.2, 0.25) is 0 Å². The Morgan fingerprint density at radius 3 is 2.52 bits per heavy atom. The van der Waals surface area contributed by atoms with E-state index in [1.54, 1.807) is 30.4 Å². The quantitative estimate of drug-likeness (QED) is 0.649. The third-order valence-electron chi connectivity index (χ3n) is 4.05. The summed E-state index contributed by atoms with van der Waals surface area (Å²) in [5.41, 5.74) is 2.96. The Kier molecular flexibility index (Phi) is 6.04. The van der Waals surface area contributed by atoms with E-state index in [0.717, 1.165) is 28.6 Å². The number of halogens is 1. The van der Waals surface area contributed by atoms with Crippen LogP contribution >= 0.6 is 23.4 Å². The summed E-state index contributed by atoms with van der Waals surface area (Å²) in [6.45, 7) is 0.221. The third-order valence-corrected chi connectivity index (χ3v) is 5.21. The number of rotatable bonds is 5. The number of nitrogens with zero attached hydrogens (tertiary/aromatic N) is 2. The van der Waals surface area contributed by atoms with Crippen LogP contribution in [0, 0.1) is 0 Å². The van der Waals surface area contributed by atoms with Crippen molar-refractivity contribution in [3.63, 3.8) is 0 Å². The maximum atomic E-state index is 12.5. The summed E-state index contributed by atoms with van der Waals surface area (Å²) in [4.78, 5) is 28.4. The molecule has 138 valence electrons. The number of carbonyl (C=O) groups is 2. The second-order valence-corrected chi connectivity index (χ2v) is 7.69. The molecule has 1 aliphatic rings. The van der Waals surface area contributed by atoms with Crippen LogP contribution in [0.5, 0.6) is 0 Å². The van der Waals surface area contributed by atoms with E-state index in [1.807, 2.05) is 55.4 Å². The first-order chi connectivity index (χ1) is 12.9. The van der Waals surface area contributed by atoms with Crippen molar-refractivity contribution in [2.45, 2.75) is 6.54 Å². The van der Waals surface area contributed by atoms with E-state index in [4.69, 9.17) is 11.6 Å². The van der Waals surface area contributed by atoms with E-state index < -0.39 is 0 Å². The zero-order valence-corrected chi connectivity index (χ0v) is 16.6. The van der Waals surface area contributed by atoms with Gasteiger partial charge in [-0.25, -0.2) is 0 Å². The molecule has 1 fully saturated rings. The first-order valence-electron chi connectivity index (χ1n) is 8.38. The van der Waals surface area contributed by atoms with Gasteiger partial charge in [-0.3, -0.25) is 14.5 Å². The van der Waals surface area contributed by atoms with Crippen molar-refractivity contribution in [1.82, 2.24) is 4.90 Å². The fourth-order valence-corrected chi connectivity index (χ4v) is 3.60. The molecule has 0 spiro atoms. The van der Waals surface area contributed by atoms with Gasteiger partial charge in [0, 0.05) is 24.8 Å². The Morgan fingerprint density at radius 1 is 1.11 bits per heavy atom. The molecule has 0 aromatic heterocycles. The first-order valence-corrected chi connectivity index (χ1v) is 9.57. The van der Waals surface area contributed by atoms with Crippen molar-refractivity contribution in [3.05, 3.63) is 81.7 Å². The number of carbonyl (C=O) groups excluding carboxylic acids is 2. The van der Waals surface area contributed by atoms with Gasteiger partial charge in [-0.2, -0.15) is 0 Å². The van der Waals surface area contributed by atoms with Crippen molar-refractivity contribution in [2.24, 2.45) is 0 Å². The Bertz CT molecular complexity index is 920. The minimum atomic E-state index is -0.280. The molecule has 27 heavy (non-hydrogen) atoms. The number of hydrogen-bond acceptors (Lipinski definition) is 4. The number of hydrogen-bond donors (Lipinski definition) is 0. The first kappa shape index (κ1) is 19.3. The van der Waals surface area contributed by atoms with Crippen LogP contribution in [0.4, 0.5) is 10.5 Å². The van der Waals surface area contributed by atoms with Crippen LogP contribution in [0.3, 0.4) is 0 Å². The third kappa shape index (κ3) is 4.81. The van der Waals surface area contributed by atoms with Crippen molar-refractivity contribution >= 4 is 46.3 Å². The lowest BCUT2D eigenvalue weighted by atomic mass is 10.2. The second kappa shape index (κ2) is 8.46. The molecule has 4 nitrogen and oxygen atoms in total. The van der Waals surface area contributed by atoms with Gasteiger partial charge in [0.05, 0.1) is 11.4 Å². The van der Waals surface area contributed by atoms with Gasteiger partial charge >= 0.3 is 0 Å². The topological polar surface area (TPSA) is 40.6 Å². The molecule has 0 saturated carbocycles. The van der Waals surface area contributed by atoms with Gasteiger partial charge < -0.3 is 4.90 Å². The molecule has 2 aromatic carbocycles. The van der Waals surface area contributed by atoms with Crippen LogP contribution in [-0.2, 0) is 11.3 Å². The predicted octanol–water partition coefficient (Wildman–Crippen LogP) is 5.20. The predicted molar refractivity (Wildman–Crippen MR) is 113 cm³/mol. The lowest BCUT2D eigenvalue weighted by Crippen LogP contribution is -2.27. The molecule has 3 rings (SSSR count). The highest BCUT2D eigenvalue weighted by Gasteiger charge is 2.34. The molecular weight excluding hydrogens is 380 g/mol. The van der Waals surface area contributed by atoms with Crippen LogP contribution < -0.4 is 4.90 Å². The molecule has 1 heterocycles. The summed E-state index contributed by atoms with van der Waals surface area (Å²) in [6.07, 6.45) is 5.38. The van der Waals surface area contributed by atoms with Crippen LogP contribution in [0.2, 0.25) is 5.02 Å². The zero-order chi connectivity index (χ0) is 19.4. The van der Waals surface area contributed by atoms with Gasteiger partial charge in [0.1, 0.15) is 0 Å². The molecule has 6 heteroatoms. The van der Waals surface area contributed by atoms with Gasteiger partial charge in [0.15, 0.2) is 0 Å². The van der Waals surface area contributed by atoms with Crippen LogP contribution in [0.1, 0.15) is 11.1 Å². The molecule has 2 amide bonds. The lowest BCUT2D eigenvalue weighted by Gasteiger charge is -2.12. The molecule has 2 aromatic rings. The van der Waals surface area contributed by atoms with Crippen LogP contribution in [0.15, 0.2) is 65.6 Å². The number of benzene rings is 2. The SMILES string of the molecule is CN(C)c1ccc(/C=C/C=C2\SC(=O)N(Cc3cccc(Cl)c3)C2=O)cc1. The Hall–Kier alpha value is -2.50. The standard InChI is InChI=1S/C21H19ClN2O2S/c1-23(2)18-11-9-15(10-12-18)5-4-8-19-20(25)24(21(26)27-19)14-16-6-3-7-17(22)13-16/h3-13H,14H2,1-2H3/b5-4+,19-8-. The second-order valence-electron chi connectivity index (χ2n) is 6.27. The monoisotopic (exact) mass is 398 g/mol. The maximum Gasteiger partial charge on any atom is 0.293 e. The van der Waals surface area contributed by atoms with E-state index in [9.17, 15) is 9.59 Å². The van der Waals surface area contributed by atoms with E-state index in [-0.39, 0.29) is 17.7 Å². The number of imide groups is 1. The molecule has 0 aliphatic carbocycles. The van der Waals surface area contributed by atoms with Crippen molar-refractivity contribution in [1.29, 1.82) is 0 Å². The Labute approximate surface area is 168 Å². The minimum absolute atomic E-state index is 0.221. The number of anilines is 1. The maximum absolute atomic E-state index is 12.5. The van der Waals surface area contributed by atoms with E-state index in [1.165, 1.54) is 4.90 Å². The zero-order valence-electron chi connectivity index (χ0n) is 15.1. The normalized spacial score (nSPS) is 16.0. The lowest BCUT2D eigenvalue weighted by molar-refractivity contribution is -0.123. The van der Waals surface area contributed by atoms with Gasteiger partial charge in [-0.15, -0.1) is 0 Å². The minimum Gasteiger partial charge on any atom is -0.378 e. The summed E-state index contributed by atoms with van der Waals surface area (Å²) in [5.74, 6) is -0.280. The average molecular weight is 399 g/mol. The summed E-state index contributed by atoms with van der Waals surface area (Å²) in [6, 6.07) is 15.2. The van der Waals surface area contributed by atoms with Crippen LogP contribution in [-0.4, -0.2) is 30.1 Å². The highest BCUT2D eigenvalue weighted by Crippen LogP contribution is 2.32. The highest BCUT2D eigenvalue weighted by molar-refractivity contribution is 8.18. The Balaban J connectivity index is 1.68. The molecular formula is C21H19ClN2O2S. The van der Waals surface area contributed by atoms with E-state index >= 15 is 0 Å². The summed E-state index contributed by atoms with van der Waals surface area (Å²) in [7, 11) is 3.98. The van der Waals surface area contributed by atoms with E-state index in [2.05, 4.69) is 0 Å². The molecule has 0 atom stereocenters. The van der Waals surface area contributed by atoms with Gasteiger partial charge in [0.25, 0.3) is 11.1 Å². The Morgan fingerprint density at radius 2 is 1.85 bits per heavy atom. The number of allylic oxidation sites excluding steroid dienone is 2. The van der Waals surface area contributed by atoms with Crippen molar-refractivity contribution in [3.8, 4) is 0 Å². The fourth-order valence-electron chi connectivity index (χ4n) is 2.60. The number of thioether (sulfide) groups is 1. The summed E-state index contributed by atoms with van der Waals surface area (Å²) >= 11 is 6.92. The van der Waals surface area contributed by atoms with Crippen molar-refractivity contribution < 1.29 is 9.59 Å². The number of amides is 2. The van der Waals surface area contributed by atoms with Crippen molar-refractivity contribution in [2.75, 3.05) is 19.0 Å². The van der Waals surface area contributed by atoms with Gasteiger partial charge in [-0.1, -0.05) is 48.0 Å². The van der Waals surface area contributed by atoms with Gasteiger partial charge in [-0.05, 0) is 53.2 Å². The molecule has 1 aliphatic heterocycles. The van der Waals surface area contributed by atoms with E-state index in [0.29, 0.717) is 9.93 Å². The molecule has 0 radical (unpaired) electrons. The molecule has 0 unspecified atom stereocenters. The summed E-state index contributed by atoms with van der Waals surface area (Å²) in [5, 5.41) is 0.313. The fraction of sp³-hybridized carbons (Fsp3) is 0.143. The summed E-state index contributed by atoms with van der Waals surface area (Å²) < 4.78 is 0. The molecule has 0 bridgehead atoms. The van der Waals surface area contributed by atoms with Crippen LogP contribution in [0.25, 0.3) is 6.08 Å². The largest absolute Gasteiger partial charge is 0.378 e.